The quantitative estimate of drug-likeness (QED) is 0.619. The predicted octanol–water partition coefficient (Wildman–Crippen LogP) is 2.24. The van der Waals surface area contributed by atoms with E-state index in [1.165, 1.54) is 0 Å². The smallest absolute Gasteiger partial charge is 0.271 e. The minimum atomic E-state index is -4.17. The Balaban J connectivity index is 2.68. The van der Waals surface area contributed by atoms with Crippen molar-refractivity contribution in [2.45, 2.75) is 32.0 Å². The second-order valence-corrected chi connectivity index (χ2v) is 3.63. The summed E-state index contributed by atoms with van der Waals surface area (Å²) in [5.74, 6) is 5.23. The number of aromatic nitrogens is 1. The third-order valence-corrected chi connectivity index (χ3v) is 2.21. The van der Waals surface area contributed by atoms with Crippen LogP contribution in [0.5, 0.6) is 0 Å². The first-order valence-electron chi connectivity index (χ1n) is 4.88. The molecule has 1 unspecified atom stereocenters. The van der Waals surface area contributed by atoms with Gasteiger partial charge < -0.3 is 0 Å². The molecule has 0 spiro atoms. The third-order valence-electron chi connectivity index (χ3n) is 2.21. The highest BCUT2D eigenvalue weighted by molar-refractivity contribution is 5.17. The number of rotatable bonds is 4. The van der Waals surface area contributed by atoms with Gasteiger partial charge in [-0.2, -0.15) is 13.2 Å². The molecule has 0 amide bonds. The molecule has 1 atom stereocenters. The summed E-state index contributed by atoms with van der Waals surface area (Å²) >= 11 is 0. The van der Waals surface area contributed by atoms with Gasteiger partial charge in [-0.05, 0) is 31.0 Å². The van der Waals surface area contributed by atoms with E-state index in [-0.39, 0.29) is 6.42 Å². The van der Waals surface area contributed by atoms with Crippen LogP contribution in [0.25, 0.3) is 0 Å². The fourth-order valence-corrected chi connectivity index (χ4v) is 1.37. The summed E-state index contributed by atoms with van der Waals surface area (Å²) in [5.41, 5.74) is 3.83. The van der Waals surface area contributed by atoms with Crippen LogP contribution in [-0.2, 0) is 0 Å². The van der Waals surface area contributed by atoms with Gasteiger partial charge in [-0.25, -0.2) is 0 Å². The highest BCUT2D eigenvalue weighted by atomic mass is 19.4. The number of alkyl halides is 3. The number of nitrogens with zero attached hydrogens (tertiary/aromatic N) is 1. The van der Waals surface area contributed by atoms with E-state index in [9.17, 15) is 13.2 Å². The van der Waals surface area contributed by atoms with E-state index in [0.717, 1.165) is 5.56 Å². The van der Waals surface area contributed by atoms with Crippen molar-refractivity contribution in [1.29, 1.82) is 0 Å². The number of pyridine rings is 1. The zero-order valence-electron chi connectivity index (χ0n) is 8.88. The van der Waals surface area contributed by atoms with Gasteiger partial charge in [0.15, 0.2) is 0 Å². The fraction of sp³-hybridized carbons (Fsp3) is 0.500. The minimum Gasteiger partial charge on any atom is -0.271 e. The van der Waals surface area contributed by atoms with Crippen LogP contribution < -0.4 is 11.3 Å². The highest BCUT2D eigenvalue weighted by Crippen LogP contribution is 2.26. The van der Waals surface area contributed by atoms with Crippen LogP contribution >= 0.6 is 0 Å². The third kappa shape index (κ3) is 4.16. The van der Waals surface area contributed by atoms with Gasteiger partial charge in [0, 0.05) is 12.6 Å². The van der Waals surface area contributed by atoms with E-state index in [1.54, 1.807) is 18.3 Å². The maximum atomic E-state index is 12.1. The molecular formula is C10H14F3N3. The molecule has 16 heavy (non-hydrogen) atoms. The van der Waals surface area contributed by atoms with Gasteiger partial charge in [0.1, 0.15) is 0 Å². The van der Waals surface area contributed by atoms with E-state index in [4.69, 9.17) is 5.84 Å². The average molecular weight is 233 g/mol. The number of halogens is 3. The van der Waals surface area contributed by atoms with Crippen LogP contribution in [0.2, 0.25) is 0 Å². The van der Waals surface area contributed by atoms with Crippen molar-refractivity contribution in [3.8, 4) is 0 Å². The second kappa shape index (κ2) is 5.27. The number of aryl methyl sites for hydroxylation is 1. The largest absolute Gasteiger partial charge is 0.389 e. The van der Waals surface area contributed by atoms with Gasteiger partial charge in [0.25, 0.3) is 0 Å². The van der Waals surface area contributed by atoms with E-state index in [0.29, 0.717) is 5.69 Å². The molecule has 1 aromatic heterocycles. The summed E-state index contributed by atoms with van der Waals surface area (Å²) < 4.78 is 36.2. The first kappa shape index (κ1) is 12.9. The summed E-state index contributed by atoms with van der Waals surface area (Å²) in [6.45, 7) is 1.85. The van der Waals surface area contributed by atoms with Crippen LogP contribution in [0, 0.1) is 6.92 Å². The molecular weight excluding hydrogens is 219 g/mol. The summed E-state index contributed by atoms with van der Waals surface area (Å²) in [6, 6.07) is 2.93. The summed E-state index contributed by atoms with van der Waals surface area (Å²) in [7, 11) is 0. The minimum absolute atomic E-state index is 0.115. The Bertz CT molecular complexity index is 338. The Labute approximate surface area is 91.8 Å². The molecule has 0 fully saturated rings. The van der Waals surface area contributed by atoms with Crippen molar-refractivity contribution in [2.24, 2.45) is 5.84 Å². The molecule has 1 heterocycles. The van der Waals surface area contributed by atoms with Crippen molar-refractivity contribution in [1.82, 2.24) is 10.4 Å². The second-order valence-electron chi connectivity index (χ2n) is 3.63. The molecule has 0 saturated carbocycles. The molecule has 0 saturated heterocycles. The van der Waals surface area contributed by atoms with Gasteiger partial charge in [-0.3, -0.25) is 16.3 Å². The SMILES string of the molecule is Cc1ccnc(C(CCC(F)(F)F)NN)c1. The summed E-state index contributed by atoms with van der Waals surface area (Å²) in [4.78, 5) is 4.00. The highest BCUT2D eigenvalue weighted by Gasteiger charge is 2.28. The fourth-order valence-electron chi connectivity index (χ4n) is 1.37. The molecule has 0 radical (unpaired) electrons. The standard InChI is InChI=1S/C10H14F3N3/c1-7-3-5-15-9(6-7)8(16-14)2-4-10(11,12)13/h3,5-6,8,16H,2,4,14H2,1H3. The lowest BCUT2D eigenvalue weighted by Crippen LogP contribution is -2.29. The molecule has 0 bridgehead atoms. The van der Waals surface area contributed by atoms with E-state index < -0.39 is 18.6 Å². The number of nitrogens with two attached hydrogens (primary N) is 1. The molecule has 0 aliphatic rings. The monoisotopic (exact) mass is 233 g/mol. The van der Waals surface area contributed by atoms with Crippen LogP contribution in [0.1, 0.15) is 30.1 Å². The van der Waals surface area contributed by atoms with Gasteiger partial charge in [-0.1, -0.05) is 0 Å². The van der Waals surface area contributed by atoms with Gasteiger partial charge >= 0.3 is 6.18 Å². The average Bonchev–Trinajstić information content (AvgIpc) is 2.17. The summed E-state index contributed by atoms with van der Waals surface area (Å²) in [6.07, 6.45) is -3.60. The van der Waals surface area contributed by atoms with Gasteiger partial charge in [0.2, 0.25) is 0 Å². The Kier molecular flexibility index (Phi) is 4.26. The van der Waals surface area contributed by atoms with Crippen molar-refractivity contribution in [2.75, 3.05) is 0 Å². The Morgan fingerprint density at radius 1 is 1.50 bits per heavy atom. The molecule has 0 aliphatic heterocycles. The maximum absolute atomic E-state index is 12.1. The first-order chi connectivity index (χ1) is 7.42. The van der Waals surface area contributed by atoms with Crippen molar-refractivity contribution >= 4 is 0 Å². The molecule has 90 valence electrons. The Hall–Kier alpha value is -1.14. The molecule has 0 aliphatic carbocycles. The molecule has 1 aromatic rings. The van der Waals surface area contributed by atoms with Crippen LogP contribution in [0.15, 0.2) is 18.3 Å². The summed E-state index contributed by atoms with van der Waals surface area (Å²) in [5, 5.41) is 0. The number of nitrogens with one attached hydrogen (secondary N) is 1. The first-order valence-corrected chi connectivity index (χ1v) is 4.88. The predicted molar refractivity (Wildman–Crippen MR) is 54.3 cm³/mol. The Morgan fingerprint density at radius 3 is 2.69 bits per heavy atom. The lowest BCUT2D eigenvalue weighted by Gasteiger charge is -2.16. The number of hydrazine groups is 1. The molecule has 1 rings (SSSR count). The molecule has 6 heteroatoms. The van der Waals surface area contributed by atoms with Gasteiger partial charge in [-0.15, -0.1) is 0 Å². The molecule has 0 aromatic carbocycles. The normalized spacial score (nSPS) is 13.8. The molecule has 3 nitrogen and oxygen atoms in total. The van der Waals surface area contributed by atoms with Crippen molar-refractivity contribution in [3.63, 3.8) is 0 Å². The van der Waals surface area contributed by atoms with Crippen molar-refractivity contribution < 1.29 is 13.2 Å². The van der Waals surface area contributed by atoms with E-state index in [2.05, 4.69) is 10.4 Å². The number of hydrogen-bond acceptors (Lipinski definition) is 3. The van der Waals surface area contributed by atoms with Crippen LogP contribution in [0.4, 0.5) is 13.2 Å². The Morgan fingerprint density at radius 2 is 2.19 bits per heavy atom. The lowest BCUT2D eigenvalue weighted by molar-refractivity contribution is -0.136. The van der Waals surface area contributed by atoms with E-state index >= 15 is 0 Å². The molecule has 3 N–H and O–H groups in total. The van der Waals surface area contributed by atoms with Crippen LogP contribution in [0.3, 0.4) is 0 Å². The van der Waals surface area contributed by atoms with Crippen LogP contribution in [-0.4, -0.2) is 11.2 Å². The van der Waals surface area contributed by atoms with Gasteiger partial charge in [0.05, 0.1) is 11.7 Å². The zero-order valence-corrected chi connectivity index (χ0v) is 8.88. The topological polar surface area (TPSA) is 50.9 Å². The zero-order chi connectivity index (χ0) is 12.2. The van der Waals surface area contributed by atoms with Crippen molar-refractivity contribution in [3.05, 3.63) is 29.6 Å². The number of hydrogen-bond donors (Lipinski definition) is 2. The maximum Gasteiger partial charge on any atom is 0.389 e. The lowest BCUT2D eigenvalue weighted by atomic mass is 10.1. The van der Waals surface area contributed by atoms with E-state index in [1.807, 2.05) is 6.92 Å².